The van der Waals surface area contributed by atoms with Crippen LogP contribution in [0.15, 0.2) is 77.7 Å². The molecule has 4 aliphatic rings. The first-order chi connectivity index (χ1) is 21.6. The van der Waals surface area contributed by atoms with Gasteiger partial charge in [0.25, 0.3) is 10.1 Å². The Balaban J connectivity index is 1.06. The van der Waals surface area contributed by atoms with Gasteiger partial charge in [0.15, 0.2) is 0 Å². The van der Waals surface area contributed by atoms with Crippen LogP contribution in [0.1, 0.15) is 99.3 Å². The summed E-state index contributed by atoms with van der Waals surface area (Å²) in [6.45, 7) is 5.14. The lowest BCUT2D eigenvalue weighted by Crippen LogP contribution is -2.54. The highest BCUT2D eigenvalue weighted by Gasteiger charge is 2.74. The zero-order valence-corrected chi connectivity index (χ0v) is 27.7. The highest BCUT2D eigenvalue weighted by atomic mass is 32.2. The van der Waals surface area contributed by atoms with Crippen LogP contribution >= 0.6 is 0 Å². The molecule has 0 heterocycles. The Kier molecular flexibility index (Phi) is 8.15. The number of aliphatic hydroxyl groups is 1. The van der Waals surface area contributed by atoms with Crippen molar-refractivity contribution in [2.24, 2.45) is 22.7 Å². The molecule has 2 bridgehead atoms. The lowest BCUT2D eigenvalue weighted by Gasteiger charge is -2.59. The van der Waals surface area contributed by atoms with Gasteiger partial charge in [0.05, 0.1) is 17.1 Å². The van der Waals surface area contributed by atoms with Crippen molar-refractivity contribution >= 4 is 10.1 Å². The fourth-order valence-corrected chi connectivity index (χ4v) is 11.2. The van der Waals surface area contributed by atoms with E-state index in [0.717, 1.165) is 81.9 Å². The number of unbranched alkanes of at least 4 members (excludes halogenated alkanes) is 2. The van der Waals surface area contributed by atoms with Gasteiger partial charge in [-0.15, -0.1) is 0 Å². The smallest absolute Gasteiger partial charge is 0.296 e. The van der Waals surface area contributed by atoms with Crippen LogP contribution in [-0.2, 0) is 27.3 Å². The average molecular weight is 629 g/mol. The molecule has 3 aromatic carbocycles. The first kappa shape index (κ1) is 31.0. The molecule has 3 saturated carbocycles. The second-order valence-corrected chi connectivity index (χ2v) is 16.3. The number of fused-ring (bicyclic) bond motifs is 3. The summed E-state index contributed by atoms with van der Waals surface area (Å²) in [7, 11) is -3.73. The second-order valence-electron chi connectivity index (χ2n) is 14.7. The summed E-state index contributed by atoms with van der Waals surface area (Å²) in [5.74, 6) is 2.59. The molecule has 0 radical (unpaired) electrons. The monoisotopic (exact) mass is 628 g/mol. The lowest BCUT2D eigenvalue weighted by atomic mass is 9.45. The zero-order valence-electron chi connectivity index (χ0n) is 26.8. The van der Waals surface area contributed by atoms with E-state index >= 15 is 0 Å². The van der Waals surface area contributed by atoms with Crippen molar-refractivity contribution in [1.29, 1.82) is 0 Å². The molecule has 3 aromatic rings. The molecule has 0 amide bonds. The standard InChI is InChI=1S/C39H48O5S/c1-28-12-15-33(16-13-28)45(41,42)44-24-8-4-7-11-30-25-31-26-32(43-27-29-9-5-3-6-10-29)14-17-34(31)35-18-19-37(2)38(36(30)35)20-22-39(37,40)23-21-38/h3,5-6,9-10,12-17,26,30,35-36,40H,4,7-8,11,18-25,27H2,1-2H3/t30-,35-,36-,37+,38-,39+/m1/s1. The number of hydrogen-bond donors (Lipinski definition) is 1. The first-order valence-electron chi connectivity index (χ1n) is 17.1. The van der Waals surface area contributed by atoms with Crippen molar-refractivity contribution in [3.05, 3.63) is 95.1 Å². The minimum Gasteiger partial charge on any atom is -0.489 e. The van der Waals surface area contributed by atoms with Crippen LogP contribution in [0.4, 0.5) is 0 Å². The Bertz CT molecular complexity index is 1610. The third-order valence-electron chi connectivity index (χ3n) is 12.6. The number of benzene rings is 3. The molecule has 0 aromatic heterocycles. The van der Waals surface area contributed by atoms with Crippen LogP contribution in [0.5, 0.6) is 5.75 Å². The predicted octanol–water partition coefficient (Wildman–Crippen LogP) is 8.52. The van der Waals surface area contributed by atoms with E-state index in [-0.39, 0.29) is 22.3 Å². The molecule has 4 aliphatic carbocycles. The predicted molar refractivity (Wildman–Crippen MR) is 177 cm³/mol. The van der Waals surface area contributed by atoms with Gasteiger partial charge >= 0.3 is 0 Å². The quantitative estimate of drug-likeness (QED) is 0.170. The molecule has 45 heavy (non-hydrogen) atoms. The van der Waals surface area contributed by atoms with Gasteiger partial charge in [-0.05, 0) is 129 Å². The van der Waals surface area contributed by atoms with E-state index in [1.165, 1.54) is 16.7 Å². The summed E-state index contributed by atoms with van der Waals surface area (Å²) in [4.78, 5) is 0.222. The number of rotatable bonds is 11. The summed E-state index contributed by atoms with van der Waals surface area (Å²) >= 11 is 0. The largest absolute Gasteiger partial charge is 0.489 e. The molecule has 5 nitrogen and oxygen atoms in total. The number of aryl methyl sites for hydroxylation is 1. The van der Waals surface area contributed by atoms with Gasteiger partial charge in [0, 0.05) is 5.41 Å². The van der Waals surface area contributed by atoms with Crippen LogP contribution in [0.3, 0.4) is 0 Å². The van der Waals surface area contributed by atoms with E-state index in [1.807, 2.05) is 13.0 Å². The Morgan fingerprint density at radius 3 is 2.40 bits per heavy atom. The fraction of sp³-hybridized carbons (Fsp3) is 0.538. The first-order valence-corrected chi connectivity index (χ1v) is 18.5. The Hall–Kier alpha value is -2.67. The molecule has 6 heteroatoms. The van der Waals surface area contributed by atoms with Gasteiger partial charge in [-0.25, -0.2) is 0 Å². The number of ether oxygens (including phenoxy) is 1. The maximum absolute atomic E-state index is 12.6. The maximum Gasteiger partial charge on any atom is 0.296 e. The van der Waals surface area contributed by atoms with Crippen molar-refractivity contribution in [1.82, 2.24) is 0 Å². The minimum atomic E-state index is -3.73. The Morgan fingerprint density at radius 1 is 0.889 bits per heavy atom. The van der Waals surface area contributed by atoms with E-state index in [0.29, 0.717) is 24.4 Å². The average Bonchev–Trinajstić information content (AvgIpc) is 3.42. The molecular formula is C39H48O5S. The van der Waals surface area contributed by atoms with Crippen molar-refractivity contribution < 1.29 is 22.4 Å². The van der Waals surface area contributed by atoms with Crippen LogP contribution in [0, 0.1) is 29.6 Å². The van der Waals surface area contributed by atoms with Gasteiger partial charge in [-0.3, -0.25) is 4.18 Å². The highest BCUT2D eigenvalue weighted by Crippen LogP contribution is 2.78. The molecule has 0 unspecified atom stereocenters. The third-order valence-corrected chi connectivity index (χ3v) is 14.0. The molecule has 3 fully saturated rings. The van der Waals surface area contributed by atoms with E-state index in [9.17, 15) is 13.5 Å². The summed E-state index contributed by atoms with van der Waals surface area (Å²) < 4.78 is 36.9. The molecule has 1 N–H and O–H groups in total. The topological polar surface area (TPSA) is 72.8 Å². The van der Waals surface area contributed by atoms with Crippen molar-refractivity contribution in [3.63, 3.8) is 0 Å². The Labute approximate surface area is 269 Å². The van der Waals surface area contributed by atoms with Crippen molar-refractivity contribution in [2.45, 2.75) is 107 Å². The van der Waals surface area contributed by atoms with Gasteiger partial charge in [0.2, 0.25) is 0 Å². The van der Waals surface area contributed by atoms with Crippen LogP contribution in [0.2, 0.25) is 0 Å². The maximum atomic E-state index is 12.6. The SMILES string of the molecule is Cc1ccc(S(=O)(=O)OCCCCC[C@@H]2Cc3cc(OCc4ccccc4)ccc3[C@H]3CC[C@]4(C)[C@]5(O)CC[C@@]4(CC5)[C@H]23)cc1. The van der Waals surface area contributed by atoms with Crippen molar-refractivity contribution in [3.8, 4) is 5.75 Å². The highest BCUT2D eigenvalue weighted by molar-refractivity contribution is 7.86. The summed E-state index contributed by atoms with van der Waals surface area (Å²) in [5, 5.41) is 11.8. The van der Waals surface area contributed by atoms with E-state index in [4.69, 9.17) is 8.92 Å². The van der Waals surface area contributed by atoms with E-state index in [1.54, 1.807) is 24.3 Å². The summed E-state index contributed by atoms with van der Waals surface area (Å²) in [5.41, 5.74) is 4.86. The molecule has 0 aliphatic heterocycles. The molecule has 4 atom stereocenters. The molecule has 0 spiro atoms. The number of hydrogen-bond acceptors (Lipinski definition) is 5. The minimum absolute atomic E-state index is 0.00777. The Morgan fingerprint density at radius 2 is 1.64 bits per heavy atom. The van der Waals surface area contributed by atoms with Gasteiger partial charge in [-0.2, -0.15) is 8.42 Å². The fourth-order valence-electron chi connectivity index (χ4n) is 10.3. The van der Waals surface area contributed by atoms with Crippen LogP contribution < -0.4 is 4.74 Å². The van der Waals surface area contributed by atoms with E-state index < -0.39 is 15.7 Å². The van der Waals surface area contributed by atoms with Crippen LogP contribution in [0.25, 0.3) is 0 Å². The van der Waals surface area contributed by atoms with Gasteiger partial charge in [-0.1, -0.05) is 73.9 Å². The molecule has 7 rings (SSSR count). The van der Waals surface area contributed by atoms with Gasteiger partial charge < -0.3 is 9.84 Å². The van der Waals surface area contributed by atoms with E-state index in [2.05, 4.69) is 49.4 Å². The van der Waals surface area contributed by atoms with Crippen LogP contribution in [-0.4, -0.2) is 25.7 Å². The summed E-state index contributed by atoms with van der Waals surface area (Å²) in [6, 6.07) is 24.0. The second kappa shape index (κ2) is 11.8. The molecular weight excluding hydrogens is 580 g/mol. The lowest BCUT2D eigenvalue weighted by molar-refractivity contribution is -0.113. The summed E-state index contributed by atoms with van der Waals surface area (Å²) in [6.07, 6.45) is 11.3. The molecule has 0 saturated heterocycles. The zero-order chi connectivity index (χ0) is 31.3. The molecule has 240 valence electrons. The van der Waals surface area contributed by atoms with Crippen molar-refractivity contribution in [2.75, 3.05) is 6.61 Å². The van der Waals surface area contributed by atoms with Gasteiger partial charge in [0.1, 0.15) is 12.4 Å². The normalized spacial score (nSPS) is 31.7. The third kappa shape index (κ3) is 5.35.